The van der Waals surface area contributed by atoms with Crippen molar-refractivity contribution in [2.45, 2.75) is 12.8 Å². The average Bonchev–Trinajstić information content (AvgIpc) is 2.63. The highest BCUT2D eigenvalue weighted by Gasteiger charge is 2.26. The van der Waals surface area contributed by atoms with Crippen molar-refractivity contribution in [2.75, 3.05) is 23.3 Å². The molecule has 0 spiro atoms. The number of nitrogens with two attached hydrogens (primary N) is 1. The van der Waals surface area contributed by atoms with Gasteiger partial charge in [-0.3, -0.25) is 14.6 Å². The molecule has 0 atom stereocenters. The minimum atomic E-state index is -0.515. The van der Waals surface area contributed by atoms with Crippen LogP contribution in [0.3, 0.4) is 0 Å². The average molecular weight is 342 g/mol. The molecule has 7 heteroatoms. The molecule has 1 aliphatic heterocycles. The summed E-state index contributed by atoms with van der Waals surface area (Å²) in [5.41, 5.74) is 7.12. The van der Waals surface area contributed by atoms with E-state index in [2.05, 4.69) is 10.3 Å². The number of nitrogens with zero attached hydrogens (tertiary/aromatic N) is 2. The first kappa shape index (κ1) is 16.9. The zero-order chi connectivity index (χ0) is 17.8. The number of nitrogens with one attached hydrogen (secondary N) is 1. The maximum absolute atomic E-state index is 12.9. The number of primary amides is 1. The quantitative estimate of drug-likeness (QED) is 0.891. The molecule has 1 fully saturated rings. The first-order valence-corrected chi connectivity index (χ1v) is 8.10. The van der Waals surface area contributed by atoms with Crippen LogP contribution < -0.4 is 16.0 Å². The van der Waals surface area contributed by atoms with Gasteiger partial charge in [0.15, 0.2) is 0 Å². The van der Waals surface area contributed by atoms with Gasteiger partial charge in [0.2, 0.25) is 5.91 Å². The van der Waals surface area contributed by atoms with Crippen LogP contribution in [0.1, 0.15) is 23.2 Å². The van der Waals surface area contributed by atoms with E-state index in [0.29, 0.717) is 37.2 Å². The SMILES string of the molecule is NC(=O)c1cnccc1N1CCC(C(=O)Nc2ccc(F)cc2)CC1. The Hall–Kier alpha value is -2.96. The van der Waals surface area contributed by atoms with Crippen molar-refractivity contribution in [3.05, 3.63) is 54.1 Å². The maximum Gasteiger partial charge on any atom is 0.252 e. The zero-order valence-electron chi connectivity index (χ0n) is 13.6. The minimum absolute atomic E-state index is 0.0730. The fraction of sp³-hybridized carbons (Fsp3) is 0.278. The third-order valence-corrected chi connectivity index (χ3v) is 4.38. The van der Waals surface area contributed by atoms with Gasteiger partial charge < -0.3 is 16.0 Å². The summed E-state index contributed by atoms with van der Waals surface area (Å²) in [6, 6.07) is 7.47. The van der Waals surface area contributed by atoms with Crippen LogP contribution in [0.25, 0.3) is 0 Å². The van der Waals surface area contributed by atoms with Gasteiger partial charge in [-0.25, -0.2) is 4.39 Å². The van der Waals surface area contributed by atoms with Crippen LogP contribution in [-0.2, 0) is 4.79 Å². The molecule has 1 saturated heterocycles. The molecule has 6 nitrogen and oxygen atoms in total. The Morgan fingerprint density at radius 3 is 2.48 bits per heavy atom. The van der Waals surface area contributed by atoms with E-state index < -0.39 is 5.91 Å². The number of rotatable bonds is 4. The van der Waals surface area contributed by atoms with Crippen LogP contribution in [0, 0.1) is 11.7 Å². The van der Waals surface area contributed by atoms with E-state index in [9.17, 15) is 14.0 Å². The molecule has 3 rings (SSSR count). The Morgan fingerprint density at radius 1 is 1.16 bits per heavy atom. The molecule has 1 aromatic carbocycles. The predicted octanol–water partition coefficient (Wildman–Crippen LogP) is 2.17. The second-order valence-corrected chi connectivity index (χ2v) is 6.01. The van der Waals surface area contributed by atoms with Crippen molar-refractivity contribution in [1.29, 1.82) is 0 Å². The summed E-state index contributed by atoms with van der Waals surface area (Å²) in [4.78, 5) is 29.9. The Labute approximate surface area is 144 Å². The van der Waals surface area contributed by atoms with Crippen molar-refractivity contribution in [3.8, 4) is 0 Å². The number of hydrogen-bond donors (Lipinski definition) is 2. The van der Waals surface area contributed by atoms with Crippen LogP contribution in [0.2, 0.25) is 0 Å². The smallest absolute Gasteiger partial charge is 0.252 e. The van der Waals surface area contributed by atoms with Crippen LogP contribution in [0.5, 0.6) is 0 Å². The highest BCUT2D eigenvalue weighted by atomic mass is 19.1. The number of anilines is 2. The molecular formula is C18H19FN4O2. The van der Waals surface area contributed by atoms with Gasteiger partial charge in [0.1, 0.15) is 5.82 Å². The Balaban J connectivity index is 1.61. The first-order valence-electron chi connectivity index (χ1n) is 8.10. The maximum atomic E-state index is 12.9. The Morgan fingerprint density at radius 2 is 1.84 bits per heavy atom. The molecule has 1 aromatic heterocycles. The Kier molecular flexibility index (Phi) is 4.92. The van der Waals surface area contributed by atoms with Crippen molar-refractivity contribution in [2.24, 2.45) is 11.7 Å². The van der Waals surface area contributed by atoms with Crippen LogP contribution >= 0.6 is 0 Å². The third-order valence-electron chi connectivity index (χ3n) is 4.38. The number of halogens is 1. The summed E-state index contributed by atoms with van der Waals surface area (Å²) in [5.74, 6) is -1.05. The second kappa shape index (κ2) is 7.29. The van der Waals surface area contributed by atoms with E-state index in [4.69, 9.17) is 5.73 Å². The topological polar surface area (TPSA) is 88.3 Å². The summed E-state index contributed by atoms with van der Waals surface area (Å²) < 4.78 is 12.9. The number of aromatic nitrogens is 1. The molecule has 130 valence electrons. The standard InChI is InChI=1S/C18H19FN4O2/c19-13-1-3-14(4-2-13)22-18(25)12-6-9-23(10-7-12)16-5-8-21-11-15(16)17(20)24/h1-5,8,11-12H,6-7,9-10H2,(H2,20,24)(H,22,25). The van der Waals surface area contributed by atoms with Gasteiger partial charge in [0.25, 0.3) is 5.91 Å². The molecule has 0 radical (unpaired) electrons. The predicted molar refractivity (Wildman–Crippen MR) is 92.7 cm³/mol. The lowest BCUT2D eigenvalue weighted by Crippen LogP contribution is -2.39. The molecule has 0 aliphatic carbocycles. The summed E-state index contributed by atoms with van der Waals surface area (Å²) in [5, 5.41) is 2.81. The second-order valence-electron chi connectivity index (χ2n) is 6.01. The van der Waals surface area contributed by atoms with Crippen LogP contribution in [0.15, 0.2) is 42.7 Å². The number of benzene rings is 1. The summed E-state index contributed by atoms with van der Waals surface area (Å²) in [7, 11) is 0. The number of carbonyl (C=O) groups excluding carboxylic acids is 2. The third kappa shape index (κ3) is 3.93. The number of hydrogen-bond acceptors (Lipinski definition) is 4. The molecule has 0 unspecified atom stereocenters. The zero-order valence-corrected chi connectivity index (χ0v) is 13.6. The molecule has 2 amide bonds. The number of amides is 2. The number of piperidine rings is 1. The monoisotopic (exact) mass is 342 g/mol. The molecule has 2 heterocycles. The van der Waals surface area contributed by atoms with E-state index in [0.717, 1.165) is 5.69 Å². The van der Waals surface area contributed by atoms with Crippen molar-refractivity contribution < 1.29 is 14.0 Å². The highest BCUT2D eigenvalue weighted by molar-refractivity contribution is 5.98. The van der Waals surface area contributed by atoms with Gasteiger partial charge in [-0.1, -0.05) is 0 Å². The van der Waals surface area contributed by atoms with Gasteiger partial charge in [-0.15, -0.1) is 0 Å². The first-order chi connectivity index (χ1) is 12.0. The molecule has 2 aromatic rings. The van der Waals surface area contributed by atoms with Crippen molar-refractivity contribution in [1.82, 2.24) is 4.98 Å². The summed E-state index contributed by atoms with van der Waals surface area (Å²) >= 11 is 0. The van der Waals surface area contributed by atoms with E-state index in [1.807, 2.05) is 4.90 Å². The Bertz CT molecular complexity index is 771. The molecule has 0 bridgehead atoms. The lowest BCUT2D eigenvalue weighted by Gasteiger charge is -2.33. The molecule has 3 N–H and O–H groups in total. The highest BCUT2D eigenvalue weighted by Crippen LogP contribution is 2.26. The molecular weight excluding hydrogens is 323 g/mol. The van der Waals surface area contributed by atoms with Gasteiger partial charge in [-0.05, 0) is 43.2 Å². The van der Waals surface area contributed by atoms with E-state index in [1.165, 1.54) is 18.3 Å². The van der Waals surface area contributed by atoms with Crippen LogP contribution in [0.4, 0.5) is 15.8 Å². The normalized spacial score (nSPS) is 15.0. The van der Waals surface area contributed by atoms with Gasteiger partial charge >= 0.3 is 0 Å². The van der Waals surface area contributed by atoms with Crippen molar-refractivity contribution in [3.63, 3.8) is 0 Å². The molecule has 25 heavy (non-hydrogen) atoms. The van der Waals surface area contributed by atoms with E-state index >= 15 is 0 Å². The number of carbonyl (C=O) groups is 2. The summed E-state index contributed by atoms with van der Waals surface area (Å²) in [6.45, 7) is 1.29. The molecule has 1 aliphatic rings. The minimum Gasteiger partial charge on any atom is -0.371 e. The summed E-state index contributed by atoms with van der Waals surface area (Å²) in [6.07, 6.45) is 4.40. The van der Waals surface area contributed by atoms with Crippen molar-refractivity contribution >= 4 is 23.2 Å². The fourth-order valence-electron chi connectivity index (χ4n) is 3.01. The van der Waals surface area contributed by atoms with Gasteiger partial charge in [0.05, 0.1) is 11.3 Å². The number of pyridine rings is 1. The lowest BCUT2D eigenvalue weighted by atomic mass is 9.95. The molecule has 0 saturated carbocycles. The van der Waals surface area contributed by atoms with E-state index in [1.54, 1.807) is 24.4 Å². The largest absolute Gasteiger partial charge is 0.371 e. The van der Waals surface area contributed by atoms with Gasteiger partial charge in [-0.2, -0.15) is 0 Å². The van der Waals surface area contributed by atoms with Gasteiger partial charge in [0, 0.05) is 37.1 Å². The van der Waals surface area contributed by atoms with Crippen LogP contribution in [-0.4, -0.2) is 29.9 Å². The lowest BCUT2D eigenvalue weighted by molar-refractivity contribution is -0.120. The van der Waals surface area contributed by atoms with E-state index in [-0.39, 0.29) is 17.6 Å². The fourth-order valence-corrected chi connectivity index (χ4v) is 3.01.